The molecule has 7 N–H and O–H groups in total. The van der Waals surface area contributed by atoms with Crippen molar-refractivity contribution in [2.45, 2.75) is 241 Å². The molecule has 1 aliphatic rings. The summed E-state index contributed by atoms with van der Waals surface area (Å²) in [5.74, 6) is -10.1. The van der Waals surface area contributed by atoms with Gasteiger partial charge in [0.15, 0.2) is 0 Å². The van der Waals surface area contributed by atoms with Gasteiger partial charge in [0.1, 0.15) is 66.5 Å². The number of nitrogens with two attached hydrogens (primary N) is 1. The van der Waals surface area contributed by atoms with E-state index in [4.69, 9.17) is 10.5 Å². The number of carbonyl (C=O) groups is 11. The number of ether oxygens (including phenoxy) is 1. The molecule has 0 aromatic carbocycles. The number of unbranched alkanes of at least 4 members (excludes halogenated alkanes) is 1. The van der Waals surface area contributed by atoms with Gasteiger partial charge in [-0.2, -0.15) is 0 Å². The zero-order valence-corrected chi connectivity index (χ0v) is 59.0. The van der Waals surface area contributed by atoms with Crippen LogP contribution in [0.2, 0.25) is 0 Å². The van der Waals surface area contributed by atoms with Crippen molar-refractivity contribution in [3.8, 4) is 0 Å². The Hall–Kier alpha value is -6.21. The topological polar surface area (TPSA) is 314 Å². The first-order valence-corrected chi connectivity index (χ1v) is 32.4. The van der Waals surface area contributed by atoms with Gasteiger partial charge in [-0.15, -0.1) is 0 Å². The van der Waals surface area contributed by atoms with Crippen LogP contribution in [0.25, 0.3) is 0 Å². The molecule has 0 aromatic rings. The Morgan fingerprint density at radius 1 is 0.489 bits per heavy atom. The number of aliphatic hydroxyl groups is 1. The highest BCUT2D eigenvalue weighted by atomic mass is 16.5. The van der Waals surface area contributed by atoms with E-state index < -0.39 is 161 Å². The normalized spacial score (nSPS) is 27.2. The summed E-state index contributed by atoms with van der Waals surface area (Å²) in [7, 11) is 9.83. The molecule has 11 amide bonds. The Morgan fingerprint density at radius 2 is 0.944 bits per heavy atom. The van der Waals surface area contributed by atoms with E-state index in [9.17, 15) is 43.5 Å². The Morgan fingerprint density at radius 3 is 1.42 bits per heavy atom. The zero-order chi connectivity index (χ0) is 69.7. The van der Waals surface area contributed by atoms with E-state index in [2.05, 4.69) is 21.3 Å². The second-order valence-corrected chi connectivity index (χ2v) is 26.8. The standard InChI is InChI=1S/C65H118N12O13/c1-25-27-30-41(13)54(78)53-58(82)69-46(26-2)61(85)71(18)44(16)60(84)76(23)52(45(17)90-32-29-28-31-66)57(81)70-50(39(9)10)64(88)72(19)47(33-36(3)4)56(80)67-42(14)55(79)68-43(15)59(83)73(20)48(34-37(5)6)62(86)74(21)49(35-38(7)8)63(87)75(22)51(40(11)12)65(89)77(53)24/h25,27,36-54,78H,26,28-35,66H2,1-24H3,(H,67,80)(H,68,79)(H,69,82)(H,70,81)/b27-25+/t41-,42+,43+,44-,45-,46+,47-,48+,49-,50+,51+,52+,53+,54-/m1/s1. The average Bonchev–Trinajstić information content (AvgIpc) is 1.38. The van der Waals surface area contributed by atoms with Gasteiger partial charge in [0.2, 0.25) is 65.0 Å². The lowest BCUT2D eigenvalue weighted by Crippen LogP contribution is -2.64. The molecule has 0 aliphatic carbocycles. The molecule has 0 saturated carbocycles. The number of hydrogen-bond donors (Lipinski definition) is 6. The Kier molecular flexibility index (Phi) is 34.5. The number of nitrogens with zero attached hydrogens (tertiary/aromatic N) is 7. The van der Waals surface area contributed by atoms with Crippen LogP contribution in [-0.2, 0) is 57.5 Å². The van der Waals surface area contributed by atoms with Gasteiger partial charge in [0, 0.05) is 55.9 Å². The number of rotatable bonds is 19. The fraction of sp³-hybridized carbons (Fsp3) is 0.800. The van der Waals surface area contributed by atoms with Crippen molar-refractivity contribution >= 4 is 65.0 Å². The summed E-state index contributed by atoms with van der Waals surface area (Å²) in [6, 6.07) is -14.2. The first kappa shape index (κ1) is 81.8. The van der Waals surface area contributed by atoms with E-state index >= 15 is 14.4 Å². The summed E-state index contributed by atoms with van der Waals surface area (Å²) in [5.41, 5.74) is 5.76. The van der Waals surface area contributed by atoms with Crippen LogP contribution in [0.15, 0.2) is 12.2 Å². The molecular formula is C65H118N12O13. The van der Waals surface area contributed by atoms with Crippen LogP contribution in [-0.4, -0.2) is 246 Å². The average molecular weight is 1280 g/mol. The quantitative estimate of drug-likeness (QED) is 0.0801. The van der Waals surface area contributed by atoms with Gasteiger partial charge in [0.25, 0.3) is 0 Å². The number of hydrogen-bond acceptors (Lipinski definition) is 14. The number of allylic oxidation sites excluding steroid dienone is 2. The minimum Gasteiger partial charge on any atom is -0.390 e. The van der Waals surface area contributed by atoms with Gasteiger partial charge >= 0.3 is 0 Å². The Balaban J connectivity index is 4.44. The summed E-state index contributed by atoms with van der Waals surface area (Å²) in [6.45, 7) is 29.6. The van der Waals surface area contributed by atoms with Crippen LogP contribution in [0.5, 0.6) is 0 Å². The van der Waals surface area contributed by atoms with E-state index in [-0.39, 0.29) is 50.0 Å². The fourth-order valence-corrected chi connectivity index (χ4v) is 11.3. The second-order valence-electron chi connectivity index (χ2n) is 26.8. The lowest BCUT2D eigenvalue weighted by Gasteiger charge is -2.41. The molecule has 1 aliphatic heterocycles. The SMILES string of the molecule is C/C=C/C[C@@H](C)[C@@H](O)[C@H]1C(=O)N[C@@H](CC)C(=O)N(C)[C@H](C)C(=O)N(C)[C@@H]([C@@H](C)OCCCCN)C(=O)N[C@@H](C(C)C)C(=O)N(C)[C@H](CC(C)C)C(=O)N[C@@H](C)C(=O)N[C@@H](C)C(=O)N(C)[C@@H](CC(C)C)C(=O)N(C)[C@H](CC(C)C)C(=O)N(C)[C@@H](C(C)C)C(=O)N1C. The van der Waals surface area contributed by atoms with Crippen molar-refractivity contribution < 1.29 is 62.6 Å². The summed E-state index contributed by atoms with van der Waals surface area (Å²) < 4.78 is 6.15. The van der Waals surface area contributed by atoms with Gasteiger partial charge in [-0.1, -0.05) is 95.2 Å². The highest BCUT2D eigenvalue weighted by Crippen LogP contribution is 2.26. The third-order valence-electron chi connectivity index (χ3n) is 17.2. The minimum absolute atomic E-state index is 0.0118. The number of amides is 11. The van der Waals surface area contributed by atoms with E-state index in [0.29, 0.717) is 25.8 Å². The van der Waals surface area contributed by atoms with Crippen LogP contribution in [0.1, 0.15) is 163 Å². The molecule has 516 valence electrons. The molecule has 0 radical (unpaired) electrons. The van der Waals surface area contributed by atoms with Crippen LogP contribution >= 0.6 is 0 Å². The van der Waals surface area contributed by atoms with E-state index in [1.807, 2.05) is 41.5 Å². The molecule has 0 bridgehead atoms. The van der Waals surface area contributed by atoms with E-state index in [1.54, 1.807) is 67.5 Å². The van der Waals surface area contributed by atoms with Crippen molar-refractivity contribution in [2.24, 2.45) is 41.2 Å². The summed E-state index contributed by atoms with van der Waals surface area (Å²) in [6.07, 6.45) is 2.89. The molecule has 0 aromatic heterocycles. The number of carbonyl (C=O) groups excluding carboxylic acids is 11. The fourth-order valence-electron chi connectivity index (χ4n) is 11.3. The molecule has 25 nitrogen and oxygen atoms in total. The largest absolute Gasteiger partial charge is 0.390 e. The Bertz CT molecular complexity index is 2440. The zero-order valence-electron chi connectivity index (χ0n) is 59.0. The Labute approximate surface area is 538 Å². The molecule has 1 saturated heterocycles. The first-order chi connectivity index (χ1) is 41.7. The molecular weight excluding hydrogens is 1160 g/mol. The van der Waals surface area contributed by atoms with Crippen LogP contribution in [0.3, 0.4) is 0 Å². The van der Waals surface area contributed by atoms with Gasteiger partial charge in [-0.25, -0.2) is 0 Å². The molecule has 1 rings (SSSR count). The predicted octanol–water partition coefficient (Wildman–Crippen LogP) is 2.76. The predicted molar refractivity (Wildman–Crippen MR) is 347 cm³/mol. The highest BCUT2D eigenvalue weighted by molar-refractivity contribution is 6.00. The van der Waals surface area contributed by atoms with E-state index in [1.165, 1.54) is 89.7 Å². The molecule has 1 heterocycles. The lowest BCUT2D eigenvalue weighted by atomic mass is 9.91. The van der Waals surface area contributed by atoms with Gasteiger partial charge in [-0.3, -0.25) is 52.7 Å². The van der Waals surface area contributed by atoms with Gasteiger partial charge in [-0.05, 0) is 122 Å². The van der Waals surface area contributed by atoms with Gasteiger partial charge < -0.3 is 71.1 Å². The molecule has 0 spiro atoms. The molecule has 90 heavy (non-hydrogen) atoms. The number of aliphatic hydroxyl groups excluding tert-OH is 1. The minimum atomic E-state index is -1.64. The maximum atomic E-state index is 15.2. The smallest absolute Gasteiger partial charge is 0.246 e. The summed E-state index contributed by atoms with van der Waals surface area (Å²) in [5, 5.41) is 23.2. The summed E-state index contributed by atoms with van der Waals surface area (Å²) in [4.78, 5) is 171. The number of nitrogens with one attached hydrogen (secondary N) is 4. The third kappa shape index (κ3) is 22.6. The van der Waals surface area contributed by atoms with Crippen molar-refractivity contribution in [1.29, 1.82) is 0 Å². The molecule has 0 unspecified atom stereocenters. The van der Waals surface area contributed by atoms with Crippen LogP contribution in [0, 0.1) is 35.5 Å². The summed E-state index contributed by atoms with van der Waals surface area (Å²) >= 11 is 0. The maximum Gasteiger partial charge on any atom is 0.246 e. The monoisotopic (exact) mass is 1270 g/mol. The van der Waals surface area contributed by atoms with Crippen molar-refractivity contribution in [3.63, 3.8) is 0 Å². The molecule has 1 fully saturated rings. The number of likely N-dealkylation sites (N-methyl/N-ethyl adjacent to an activating group) is 7. The third-order valence-corrected chi connectivity index (χ3v) is 17.2. The highest BCUT2D eigenvalue weighted by Gasteiger charge is 2.46. The maximum absolute atomic E-state index is 15.2. The van der Waals surface area contributed by atoms with Crippen LogP contribution in [0.4, 0.5) is 0 Å². The van der Waals surface area contributed by atoms with E-state index in [0.717, 1.165) is 14.7 Å². The van der Waals surface area contributed by atoms with Gasteiger partial charge in [0.05, 0.1) is 12.2 Å². The molecule has 14 atom stereocenters. The lowest BCUT2D eigenvalue weighted by molar-refractivity contribution is -0.157. The van der Waals surface area contributed by atoms with Crippen molar-refractivity contribution in [2.75, 3.05) is 62.5 Å². The van der Waals surface area contributed by atoms with Crippen molar-refractivity contribution in [3.05, 3.63) is 12.2 Å². The molecule has 25 heteroatoms. The van der Waals surface area contributed by atoms with Crippen molar-refractivity contribution in [1.82, 2.24) is 55.6 Å². The first-order valence-electron chi connectivity index (χ1n) is 32.4. The van der Waals surface area contributed by atoms with Crippen LogP contribution < -0.4 is 27.0 Å². The second kappa shape index (κ2) is 38.0.